The lowest BCUT2D eigenvalue weighted by molar-refractivity contribution is 0.603. The van der Waals surface area contributed by atoms with Crippen molar-refractivity contribution in [1.82, 2.24) is 0 Å². The summed E-state index contributed by atoms with van der Waals surface area (Å²) in [7, 11) is -3.88. The van der Waals surface area contributed by atoms with Gasteiger partial charge in [0.25, 0.3) is 0 Å². The van der Waals surface area contributed by atoms with Gasteiger partial charge in [-0.15, -0.1) is 0 Å². The molecule has 0 aliphatic rings. The Bertz CT molecular complexity index is 878. The predicted molar refractivity (Wildman–Crippen MR) is 96.5 cm³/mol. The minimum atomic E-state index is -3.88. The summed E-state index contributed by atoms with van der Waals surface area (Å²) in [5.41, 5.74) is 1.89. The third-order valence-corrected chi connectivity index (χ3v) is 5.40. The fourth-order valence-electron chi connectivity index (χ4n) is 2.02. The van der Waals surface area contributed by atoms with Gasteiger partial charge in [0.2, 0.25) is 9.84 Å². The number of hydrogen-bond acceptors (Lipinski definition) is 4. The van der Waals surface area contributed by atoms with E-state index in [4.69, 9.17) is 11.6 Å². The lowest BCUT2D eigenvalue weighted by Crippen LogP contribution is -2.05. The van der Waals surface area contributed by atoms with Crippen LogP contribution >= 0.6 is 11.6 Å². The first-order chi connectivity index (χ1) is 11.3. The molecule has 0 aliphatic carbocycles. The highest BCUT2D eigenvalue weighted by atomic mass is 35.5. The zero-order valence-corrected chi connectivity index (χ0v) is 14.9. The number of anilines is 1. The van der Waals surface area contributed by atoms with Crippen LogP contribution in [0.4, 0.5) is 5.69 Å². The Hall–Kier alpha value is -2.29. The average molecular weight is 361 g/mol. The lowest BCUT2D eigenvalue weighted by Gasteiger charge is -2.07. The van der Waals surface area contributed by atoms with E-state index in [9.17, 15) is 13.7 Å². The number of rotatable bonds is 5. The van der Waals surface area contributed by atoms with E-state index in [2.05, 4.69) is 19.2 Å². The summed E-state index contributed by atoms with van der Waals surface area (Å²) < 4.78 is 24.9. The van der Waals surface area contributed by atoms with Gasteiger partial charge in [-0.2, -0.15) is 5.26 Å². The standard InChI is InChI=1S/C18H17ClN2O2S/c1-13(2)14-3-7-16(8-4-14)21-12-18(11-20)24(22,23)17-9-5-15(19)6-10-17/h3-10,12-13,21H,1-2H3/b18-12+. The largest absolute Gasteiger partial charge is 0.360 e. The minimum Gasteiger partial charge on any atom is -0.360 e. The Kier molecular flexibility index (Phi) is 5.66. The number of hydrogen-bond donors (Lipinski definition) is 1. The highest BCUT2D eigenvalue weighted by Crippen LogP contribution is 2.22. The molecule has 0 spiro atoms. The maximum atomic E-state index is 12.5. The lowest BCUT2D eigenvalue weighted by atomic mass is 10.0. The van der Waals surface area contributed by atoms with Crippen LogP contribution < -0.4 is 5.32 Å². The van der Waals surface area contributed by atoms with Gasteiger partial charge >= 0.3 is 0 Å². The van der Waals surface area contributed by atoms with Crippen LogP contribution in [0.1, 0.15) is 25.3 Å². The van der Waals surface area contributed by atoms with Crippen molar-refractivity contribution in [3.8, 4) is 6.07 Å². The topological polar surface area (TPSA) is 70.0 Å². The molecule has 0 amide bonds. The van der Waals surface area contributed by atoms with Gasteiger partial charge in [-0.25, -0.2) is 8.42 Å². The first kappa shape index (κ1) is 18.1. The van der Waals surface area contributed by atoms with Crippen molar-refractivity contribution in [2.24, 2.45) is 0 Å². The zero-order chi connectivity index (χ0) is 17.7. The number of benzene rings is 2. The normalized spacial score (nSPS) is 12.0. The third kappa shape index (κ3) is 4.16. The van der Waals surface area contributed by atoms with Crippen LogP contribution in [0.25, 0.3) is 0 Å². The molecule has 6 heteroatoms. The van der Waals surface area contributed by atoms with Crippen molar-refractivity contribution >= 4 is 27.1 Å². The molecule has 2 rings (SSSR count). The predicted octanol–water partition coefficient (Wildman–Crippen LogP) is 4.71. The van der Waals surface area contributed by atoms with Gasteiger partial charge < -0.3 is 5.32 Å². The number of nitriles is 1. The first-order valence-corrected chi connectivity index (χ1v) is 9.18. The molecule has 1 N–H and O–H groups in total. The third-order valence-electron chi connectivity index (χ3n) is 3.47. The second-order valence-electron chi connectivity index (χ2n) is 5.50. The number of nitrogens with zero attached hydrogens (tertiary/aromatic N) is 1. The highest BCUT2D eigenvalue weighted by molar-refractivity contribution is 7.95. The molecule has 0 saturated carbocycles. The van der Waals surface area contributed by atoms with Gasteiger partial charge in [-0.1, -0.05) is 37.6 Å². The molecule has 0 radical (unpaired) electrons. The molecule has 0 aromatic heterocycles. The molecule has 2 aromatic rings. The molecule has 24 heavy (non-hydrogen) atoms. The van der Waals surface area contributed by atoms with Crippen LogP contribution in [0, 0.1) is 11.3 Å². The SMILES string of the molecule is CC(C)c1ccc(N/C=C(\C#N)S(=O)(=O)c2ccc(Cl)cc2)cc1. The summed E-state index contributed by atoms with van der Waals surface area (Å²) in [5, 5.41) is 12.5. The smallest absolute Gasteiger partial charge is 0.218 e. The Morgan fingerprint density at radius 1 is 1.12 bits per heavy atom. The molecule has 0 bridgehead atoms. The van der Waals surface area contributed by atoms with Crippen molar-refractivity contribution in [3.63, 3.8) is 0 Å². The summed E-state index contributed by atoms with van der Waals surface area (Å²) in [4.78, 5) is -0.339. The fraction of sp³-hybridized carbons (Fsp3) is 0.167. The second-order valence-corrected chi connectivity index (χ2v) is 7.85. The quantitative estimate of drug-likeness (QED) is 0.783. The van der Waals surface area contributed by atoms with Gasteiger partial charge in [-0.05, 0) is 47.9 Å². The Balaban J connectivity index is 2.25. The summed E-state index contributed by atoms with van der Waals surface area (Å²) in [5.74, 6) is 0.412. The van der Waals surface area contributed by atoms with Crippen molar-refractivity contribution in [1.29, 1.82) is 5.26 Å². The molecule has 2 aromatic carbocycles. The maximum absolute atomic E-state index is 12.5. The average Bonchev–Trinajstić information content (AvgIpc) is 2.56. The second kappa shape index (κ2) is 7.52. The maximum Gasteiger partial charge on any atom is 0.218 e. The van der Waals surface area contributed by atoms with Crippen molar-refractivity contribution in [2.45, 2.75) is 24.7 Å². The van der Waals surface area contributed by atoms with E-state index in [0.717, 1.165) is 0 Å². The van der Waals surface area contributed by atoms with E-state index >= 15 is 0 Å². The summed E-state index contributed by atoms with van der Waals surface area (Å²) >= 11 is 5.76. The zero-order valence-electron chi connectivity index (χ0n) is 13.3. The van der Waals surface area contributed by atoms with Crippen molar-refractivity contribution in [3.05, 3.63) is 70.2 Å². The van der Waals surface area contributed by atoms with Crippen LogP contribution in [0.3, 0.4) is 0 Å². The minimum absolute atomic E-state index is 0.0247. The number of halogens is 1. The Morgan fingerprint density at radius 3 is 2.21 bits per heavy atom. The summed E-state index contributed by atoms with van der Waals surface area (Å²) in [6.07, 6.45) is 1.20. The van der Waals surface area contributed by atoms with Gasteiger partial charge in [0.15, 0.2) is 4.91 Å². The van der Waals surface area contributed by atoms with Crippen LogP contribution in [-0.4, -0.2) is 8.42 Å². The number of nitrogens with one attached hydrogen (secondary N) is 1. The monoisotopic (exact) mass is 360 g/mol. The van der Waals surface area contributed by atoms with Gasteiger partial charge in [0.05, 0.1) is 4.90 Å². The molecule has 4 nitrogen and oxygen atoms in total. The fourth-order valence-corrected chi connectivity index (χ4v) is 3.23. The van der Waals surface area contributed by atoms with Gasteiger partial charge in [0.1, 0.15) is 6.07 Å². The van der Waals surface area contributed by atoms with E-state index in [0.29, 0.717) is 16.6 Å². The Morgan fingerprint density at radius 2 is 1.71 bits per heavy atom. The first-order valence-electron chi connectivity index (χ1n) is 7.32. The van der Waals surface area contributed by atoms with Crippen LogP contribution in [-0.2, 0) is 9.84 Å². The number of allylic oxidation sites excluding steroid dienone is 1. The van der Waals surface area contributed by atoms with E-state index < -0.39 is 9.84 Å². The highest BCUT2D eigenvalue weighted by Gasteiger charge is 2.20. The van der Waals surface area contributed by atoms with Crippen molar-refractivity contribution in [2.75, 3.05) is 5.32 Å². The van der Waals surface area contributed by atoms with E-state index in [1.165, 1.54) is 36.0 Å². The van der Waals surface area contributed by atoms with E-state index in [1.807, 2.05) is 24.3 Å². The molecular formula is C18H17ClN2O2S. The van der Waals surface area contributed by atoms with Gasteiger partial charge in [-0.3, -0.25) is 0 Å². The summed E-state index contributed by atoms with van der Waals surface area (Å²) in [6, 6.07) is 15.0. The van der Waals surface area contributed by atoms with Crippen LogP contribution in [0.2, 0.25) is 5.02 Å². The van der Waals surface area contributed by atoms with Crippen LogP contribution in [0.15, 0.2) is 64.5 Å². The summed E-state index contributed by atoms with van der Waals surface area (Å²) in [6.45, 7) is 4.18. The Labute approximate surface area is 147 Å². The molecule has 124 valence electrons. The number of sulfone groups is 1. The molecule has 0 fully saturated rings. The molecule has 0 unspecified atom stereocenters. The van der Waals surface area contributed by atoms with Crippen LogP contribution in [0.5, 0.6) is 0 Å². The van der Waals surface area contributed by atoms with E-state index in [1.54, 1.807) is 6.07 Å². The molecule has 0 heterocycles. The molecule has 0 saturated heterocycles. The molecule has 0 aliphatic heterocycles. The van der Waals surface area contributed by atoms with Gasteiger partial charge in [0, 0.05) is 16.9 Å². The molecule has 0 atom stereocenters. The van der Waals surface area contributed by atoms with Crippen molar-refractivity contribution < 1.29 is 8.42 Å². The van der Waals surface area contributed by atoms with E-state index in [-0.39, 0.29) is 9.80 Å². The molecular weight excluding hydrogens is 344 g/mol.